The molecule has 5 aromatic carbocycles. The summed E-state index contributed by atoms with van der Waals surface area (Å²) in [6, 6.07) is 33.7. The molecule has 0 aliphatic rings. The molecule has 0 spiro atoms. The fraction of sp³-hybridized carbons (Fsp3) is 0.200. The zero-order valence-electron chi connectivity index (χ0n) is 25.6. The minimum atomic E-state index is -4.23. The summed E-state index contributed by atoms with van der Waals surface area (Å²) in [5, 5.41) is 1.30. The smallest absolute Gasteiger partial charge is 0.377 e. The minimum Gasteiger partial charge on any atom is -0.377 e. The van der Waals surface area contributed by atoms with Gasteiger partial charge >= 0.3 is 7.82 Å². The van der Waals surface area contributed by atoms with Gasteiger partial charge in [0.05, 0.1) is 30.8 Å². The molecule has 0 amide bonds. The van der Waals surface area contributed by atoms with Crippen LogP contribution in [-0.2, 0) is 47.8 Å². The fourth-order valence-corrected chi connectivity index (χ4v) is 7.65. The third-order valence-corrected chi connectivity index (χ3v) is 10.2. The van der Waals surface area contributed by atoms with E-state index in [9.17, 15) is 17.4 Å². The highest BCUT2D eigenvalue weighted by Gasteiger charge is 2.31. The summed E-state index contributed by atoms with van der Waals surface area (Å²) in [5.41, 5.74) is 2.88. The molecule has 8 nitrogen and oxygen atoms in total. The molecule has 1 N–H and O–H groups in total. The van der Waals surface area contributed by atoms with E-state index in [0.717, 1.165) is 22.2 Å². The molecule has 1 atom stereocenters. The van der Waals surface area contributed by atoms with Crippen LogP contribution in [0.15, 0.2) is 126 Å². The molecule has 240 valence electrons. The van der Waals surface area contributed by atoms with Gasteiger partial charge in [-0.1, -0.05) is 97.1 Å². The Labute approximate surface area is 269 Å². The monoisotopic (exact) mass is 662 g/mol. The lowest BCUT2D eigenvalue weighted by atomic mass is 10.1. The van der Waals surface area contributed by atoms with Crippen molar-refractivity contribution in [2.75, 3.05) is 25.6 Å². The number of fused-ring (bicyclic) bond motifs is 1. The minimum absolute atomic E-state index is 0.0437. The molecule has 0 unspecified atom stereocenters. The van der Waals surface area contributed by atoms with Crippen LogP contribution in [0, 0.1) is 5.82 Å². The first-order chi connectivity index (χ1) is 22.1. The van der Waals surface area contributed by atoms with E-state index in [1.54, 1.807) is 30.3 Å². The zero-order valence-corrected chi connectivity index (χ0v) is 27.3. The Hall–Kier alpha value is -3.89. The van der Waals surface area contributed by atoms with Crippen LogP contribution in [0.4, 0.5) is 10.1 Å². The number of sulfonamides is 1. The quantitative estimate of drug-likeness (QED) is 0.116. The lowest BCUT2D eigenvalue weighted by molar-refractivity contribution is 0.0969. The van der Waals surface area contributed by atoms with Crippen molar-refractivity contribution in [1.29, 1.82) is 0 Å². The van der Waals surface area contributed by atoms with Gasteiger partial charge < -0.3 is 4.90 Å². The zero-order chi connectivity index (χ0) is 32.6. The standard InChI is InChI=1S/C35H36FN2O6PS/c1-38(2)34-20-10-19-33-32(34)18-11-21-35(33)46(40,41)37-31(23-29-16-9-17-30(36)22-29)26-44-45(39,42-24-27-12-5-3-6-13-27)43-25-28-14-7-4-8-15-28/h3-22,31,37H,23-26H2,1-2H3/t31-/m1/s1. The van der Waals surface area contributed by atoms with Gasteiger partial charge in [0.15, 0.2) is 0 Å². The highest BCUT2D eigenvalue weighted by Crippen LogP contribution is 2.51. The number of halogens is 1. The average molecular weight is 663 g/mol. The maximum atomic E-state index is 14.1. The molecule has 0 aromatic heterocycles. The van der Waals surface area contributed by atoms with Crippen molar-refractivity contribution in [2.24, 2.45) is 0 Å². The second kappa shape index (κ2) is 15.1. The van der Waals surface area contributed by atoms with Gasteiger partial charge in [-0.2, -0.15) is 0 Å². The Balaban J connectivity index is 1.42. The van der Waals surface area contributed by atoms with Crippen LogP contribution in [0.3, 0.4) is 0 Å². The van der Waals surface area contributed by atoms with Gasteiger partial charge in [0.25, 0.3) is 0 Å². The number of rotatable bonds is 15. The van der Waals surface area contributed by atoms with Crippen LogP contribution in [0.5, 0.6) is 0 Å². The number of nitrogens with one attached hydrogen (secondary N) is 1. The predicted molar refractivity (Wildman–Crippen MR) is 179 cm³/mol. The maximum Gasteiger partial charge on any atom is 0.475 e. The first-order valence-corrected chi connectivity index (χ1v) is 17.6. The van der Waals surface area contributed by atoms with Crippen LogP contribution in [0.1, 0.15) is 16.7 Å². The van der Waals surface area contributed by atoms with Crippen molar-refractivity contribution in [3.05, 3.63) is 144 Å². The molecule has 46 heavy (non-hydrogen) atoms. The van der Waals surface area contributed by atoms with E-state index in [1.165, 1.54) is 18.2 Å². The van der Waals surface area contributed by atoms with Gasteiger partial charge in [-0.3, -0.25) is 13.6 Å². The summed E-state index contributed by atoms with van der Waals surface area (Å²) >= 11 is 0. The van der Waals surface area contributed by atoms with Gasteiger partial charge in [0.2, 0.25) is 10.0 Å². The predicted octanol–water partition coefficient (Wildman–Crippen LogP) is 7.49. The average Bonchev–Trinajstić information content (AvgIpc) is 3.06. The molecular weight excluding hydrogens is 626 g/mol. The number of anilines is 1. The second-order valence-corrected chi connectivity index (χ2v) is 14.3. The summed E-state index contributed by atoms with van der Waals surface area (Å²) in [6.45, 7) is -0.501. The molecule has 5 aromatic rings. The number of phosphoric ester groups is 1. The largest absolute Gasteiger partial charge is 0.475 e. The fourth-order valence-electron chi connectivity index (χ4n) is 5.00. The SMILES string of the molecule is CN(C)c1cccc2c(S(=O)(=O)N[C@@H](COP(=O)(OCc3ccccc3)OCc3ccccc3)Cc3cccc(F)c3)cccc12. The van der Waals surface area contributed by atoms with Crippen molar-refractivity contribution in [3.8, 4) is 0 Å². The molecule has 0 radical (unpaired) electrons. The van der Waals surface area contributed by atoms with E-state index >= 15 is 0 Å². The van der Waals surface area contributed by atoms with Crippen LogP contribution in [0.2, 0.25) is 0 Å². The summed E-state index contributed by atoms with van der Waals surface area (Å²) in [7, 11) is -4.60. The summed E-state index contributed by atoms with van der Waals surface area (Å²) in [5.74, 6) is -0.464. The Morgan fingerprint density at radius 3 is 1.89 bits per heavy atom. The summed E-state index contributed by atoms with van der Waals surface area (Å²) < 4.78 is 76.0. The number of hydrogen-bond donors (Lipinski definition) is 1. The normalized spacial score (nSPS) is 12.7. The van der Waals surface area contributed by atoms with Gasteiger partial charge in [0, 0.05) is 30.6 Å². The van der Waals surface area contributed by atoms with E-state index in [0.29, 0.717) is 10.9 Å². The highest BCUT2D eigenvalue weighted by molar-refractivity contribution is 7.89. The first-order valence-electron chi connectivity index (χ1n) is 14.7. The van der Waals surface area contributed by atoms with Crippen LogP contribution in [0.25, 0.3) is 10.8 Å². The molecule has 0 heterocycles. The van der Waals surface area contributed by atoms with Crippen LogP contribution in [-0.4, -0.2) is 35.2 Å². The van der Waals surface area contributed by atoms with E-state index in [2.05, 4.69) is 4.72 Å². The summed E-state index contributed by atoms with van der Waals surface area (Å²) in [4.78, 5) is 1.98. The first kappa shape index (κ1) is 33.5. The van der Waals surface area contributed by atoms with E-state index in [4.69, 9.17) is 13.6 Å². The Kier molecular flexibility index (Phi) is 11.0. The van der Waals surface area contributed by atoms with E-state index < -0.39 is 29.7 Å². The number of hydrogen-bond acceptors (Lipinski definition) is 7. The molecule has 5 rings (SSSR count). The Bertz CT molecular complexity index is 1860. The molecule has 0 saturated heterocycles. The van der Waals surface area contributed by atoms with Crippen molar-refractivity contribution in [1.82, 2.24) is 4.72 Å². The highest BCUT2D eigenvalue weighted by atomic mass is 32.2. The van der Waals surface area contributed by atoms with E-state index in [-0.39, 0.29) is 31.1 Å². The van der Waals surface area contributed by atoms with E-state index in [1.807, 2.05) is 91.8 Å². The molecule has 0 aliphatic heterocycles. The Morgan fingerprint density at radius 1 is 0.717 bits per heavy atom. The number of benzene rings is 5. The third-order valence-electron chi connectivity index (χ3n) is 7.22. The molecular formula is C35H36FN2O6PS. The van der Waals surface area contributed by atoms with Crippen molar-refractivity contribution >= 4 is 34.3 Å². The summed E-state index contributed by atoms with van der Waals surface area (Å²) in [6.07, 6.45) is 0.0437. The number of nitrogens with zero attached hydrogens (tertiary/aromatic N) is 1. The maximum absolute atomic E-state index is 14.1. The number of phosphoric acid groups is 1. The Morgan fingerprint density at radius 2 is 1.28 bits per heavy atom. The van der Waals surface area contributed by atoms with Crippen LogP contribution < -0.4 is 9.62 Å². The van der Waals surface area contributed by atoms with Gasteiger partial charge in [-0.05, 0) is 47.4 Å². The molecule has 0 aliphatic carbocycles. The molecule has 0 bridgehead atoms. The second-order valence-electron chi connectivity index (χ2n) is 10.9. The van der Waals surface area contributed by atoms with Gasteiger partial charge in [-0.15, -0.1) is 0 Å². The molecule has 0 saturated carbocycles. The molecule has 0 fully saturated rings. The molecule has 11 heteroatoms. The topological polar surface area (TPSA) is 94.2 Å². The van der Waals surface area contributed by atoms with Crippen molar-refractivity contribution in [2.45, 2.75) is 30.6 Å². The van der Waals surface area contributed by atoms with Crippen molar-refractivity contribution < 1.29 is 30.9 Å². The van der Waals surface area contributed by atoms with Gasteiger partial charge in [-0.25, -0.2) is 22.1 Å². The van der Waals surface area contributed by atoms with Gasteiger partial charge in [0.1, 0.15) is 5.82 Å². The lowest BCUT2D eigenvalue weighted by Crippen LogP contribution is -2.39. The third kappa shape index (κ3) is 8.88. The lowest BCUT2D eigenvalue weighted by Gasteiger charge is -2.24. The van der Waals surface area contributed by atoms with Crippen LogP contribution >= 0.6 is 7.82 Å². The van der Waals surface area contributed by atoms with Crippen molar-refractivity contribution in [3.63, 3.8) is 0 Å².